The van der Waals surface area contributed by atoms with Crippen LogP contribution in [-0.4, -0.2) is 36.5 Å². The lowest BCUT2D eigenvalue weighted by atomic mass is 10.1. The third-order valence-electron chi connectivity index (χ3n) is 3.94. The number of anilines is 1. The first-order valence-corrected chi connectivity index (χ1v) is 8.16. The molecule has 0 amide bonds. The normalized spacial score (nSPS) is 10.5. The number of aromatic nitrogens is 3. The van der Waals surface area contributed by atoms with Gasteiger partial charge in [0.2, 0.25) is 5.75 Å². The summed E-state index contributed by atoms with van der Waals surface area (Å²) in [7, 11) is 4.81. The molecule has 0 atom stereocenters. The van der Waals surface area contributed by atoms with Gasteiger partial charge in [0.1, 0.15) is 5.82 Å². The average Bonchev–Trinajstić information content (AvgIpc) is 3.12. The van der Waals surface area contributed by atoms with Crippen molar-refractivity contribution in [1.82, 2.24) is 15.2 Å². The van der Waals surface area contributed by atoms with Crippen LogP contribution in [0, 0.1) is 6.92 Å². The summed E-state index contributed by atoms with van der Waals surface area (Å²) in [4.78, 5) is 4.36. The van der Waals surface area contributed by atoms with Gasteiger partial charge in [0.05, 0.1) is 21.3 Å². The van der Waals surface area contributed by atoms with Gasteiger partial charge in [0, 0.05) is 17.8 Å². The van der Waals surface area contributed by atoms with E-state index in [0.717, 1.165) is 22.6 Å². The van der Waals surface area contributed by atoms with Crippen LogP contribution in [0.3, 0.4) is 0 Å². The molecule has 2 N–H and O–H groups in total. The summed E-state index contributed by atoms with van der Waals surface area (Å²) in [5.74, 6) is 3.32. The molecule has 0 aliphatic heterocycles. The third kappa shape index (κ3) is 3.72. The van der Waals surface area contributed by atoms with Gasteiger partial charge in [0.15, 0.2) is 17.3 Å². The van der Waals surface area contributed by atoms with Crippen LogP contribution in [0.4, 0.5) is 5.69 Å². The third-order valence-corrected chi connectivity index (χ3v) is 3.94. The number of ether oxygens (including phenoxy) is 3. The summed E-state index contributed by atoms with van der Waals surface area (Å²) in [5.41, 5.74) is 2.93. The van der Waals surface area contributed by atoms with Crippen LogP contribution in [0.1, 0.15) is 11.4 Å². The molecule has 26 heavy (non-hydrogen) atoms. The van der Waals surface area contributed by atoms with Gasteiger partial charge >= 0.3 is 0 Å². The van der Waals surface area contributed by atoms with Crippen molar-refractivity contribution in [1.29, 1.82) is 0 Å². The average molecular weight is 354 g/mol. The maximum atomic E-state index is 5.40. The predicted octanol–water partition coefficient (Wildman–Crippen LogP) is 3.42. The van der Waals surface area contributed by atoms with Crippen molar-refractivity contribution in [2.75, 3.05) is 26.6 Å². The fourth-order valence-corrected chi connectivity index (χ4v) is 2.68. The van der Waals surface area contributed by atoms with Gasteiger partial charge in [-0.05, 0) is 36.8 Å². The van der Waals surface area contributed by atoms with Gasteiger partial charge in [-0.15, -0.1) is 0 Å². The molecular formula is C19H22N4O3. The molecule has 0 saturated carbocycles. The zero-order valence-corrected chi connectivity index (χ0v) is 15.3. The predicted molar refractivity (Wildman–Crippen MR) is 100.0 cm³/mol. The second kappa shape index (κ2) is 7.77. The molecule has 1 heterocycles. The molecule has 2 aromatic carbocycles. The Kier molecular flexibility index (Phi) is 5.26. The number of aromatic amines is 1. The molecule has 3 aromatic rings. The Hall–Kier alpha value is -3.22. The SMILES string of the molecule is COc1cc(CNc2cccc(-c3n[nH]c(C)n3)c2)cc(OC)c1OC. The minimum Gasteiger partial charge on any atom is -0.493 e. The van der Waals surface area contributed by atoms with E-state index in [4.69, 9.17) is 14.2 Å². The number of nitrogens with one attached hydrogen (secondary N) is 2. The highest BCUT2D eigenvalue weighted by Gasteiger charge is 2.13. The zero-order valence-electron chi connectivity index (χ0n) is 15.3. The van der Waals surface area contributed by atoms with Gasteiger partial charge in [-0.25, -0.2) is 4.98 Å². The molecule has 3 rings (SSSR count). The van der Waals surface area contributed by atoms with E-state index in [1.807, 2.05) is 43.3 Å². The Balaban J connectivity index is 1.79. The number of methoxy groups -OCH3 is 3. The summed E-state index contributed by atoms with van der Waals surface area (Å²) < 4.78 is 16.2. The van der Waals surface area contributed by atoms with Gasteiger partial charge in [-0.3, -0.25) is 5.10 Å². The van der Waals surface area contributed by atoms with Gasteiger partial charge in [-0.2, -0.15) is 5.10 Å². The van der Waals surface area contributed by atoms with Crippen LogP contribution in [0.5, 0.6) is 17.2 Å². The van der Waals surface area contributed by atoms with Crippen LogP contribution < -0.4 is 19.5 Å². The molecular weight excluding hydrogens is 332 g/mol. The van der Waals surface area contributed by atoms with E-state index in [0.29, 0.717) is 29.6 Å². The lowest BCUT2D eigenvalue weighted by Gasteiger charge is -2.15. The first-order valence-electron chi connectivity index (χ1n) is 8.16. The smallest absolute Gasteiger partial charge is 0.203 e. The number of hydrogen-bond donors (Lipinski definition) is 2. The maximum Gasteiger partial charge on any atom is 0.203 e. The first kappa shape index (κ1) is 17.6. The maximum absolute atomic E-state index is 5.40. The molecule has 136 valence electrons. The van der Waals surface area contributed by atoms with Crippen molar-refractivity contribution < 1.29 is 14.2 Å². The fraction of sp³-hybridized carbons (Fsp3) is 0.263. The Morgan fingerprint density at radius 1 is 1.00 bits per heavy atom. The highest BCUT2D eigenvalue weighted by atomic mass is 16.5. The summed E-state index contributed by atoms with van der Waals surface area (Å²) >= 11 is 0. The molecule has 0 aliphatic carbocycles. The lowest BCUT2D eigenvalue weighted by Crippen LogP contribution is -2.02. The highest BCUT2D eigenvalue weighted by molar-refractivity contribution is 5.62. The van der Waals surface area contributed by atoms with Crippen molar-refractivity contribution in [3.63, 3.8) is 0 Å². The standard InChI is InChI=1S/C19H22N4O3/c1-12-21-19(23-22-12)14-6-5-7-15(10-14)20-11-13-8-16(24-2)18(26-4)17(9-13)25-3/h5-10,20H,11H2,1-4H3,(H,21,22,23). The van der Waals surface area contributed by atoms with Gasteiger partial charge in [-0.1, -0.05) is 12.1 Å². The Bertz CT molecular complexity index is 867. The molecule has 7 nitrogen and oxygen atoms in total. The van der Waals surface area contributed by atoms with E-state index < -0.39 is 0 Å². The van der Waals surface area contributed by atoms with Crippen LogP contribution in [0.25, 0.3) is 11.4 Å². The largest absolute Gasteiger partial charge is 0.493 e. The van der Waals surface area contributed by atoms with E-state index in [-0.39, 0.29) is 0 Å². The van der Waals surface area contributed by atoms with Crippen molar-refractivity contribution in [3.05, 3.63) is 47.8 Å². The van der Waals surface area contributed by atoms with Gasteiger partial charge < -0.3 is 19.5 Å². The second-order valence-electron chi connectivity index (χ2n) is 5.71. The molecule has 0 aliphatic rings. The molecule has 1 aromatic heterocycles. The molecule has 0 fully saturated rings. The first-order chi connectivity index (χ1) is 12.6. The number of nitrogens with zero attached hydrogens (tertiary/aromatic N) is 2. The van der Waals surface area contributed by atoms with Crippen LogP contribution >= 0.6 is 0 Å². The van der Waals surface area contributed by atoms with Crippen LogP contribution in [-0.2, 0) is 6.54 Å². The number of hydrogen-bond acceptors (Lipinski definition) is 6. The summed E-state index contributed by atoms with van der Waals surface area (Å²) in [5, 5.41) is 10.5. The van der Waals surface area contributed by atoms with Crippen LogP contribution in [0.2, 0.25) is 0 Å². The van der Waals surface area contributed by atoms with E-state index in [1.165, 1.54) is 0 Å². The number of aryl methyl sites for hydroxylation is 1. The van der Waals surface area contributed by atoms with E-state index in [1.54, 1.807) is 21.3 Å². The molecule has 7 heteroatoms. The molecule has 0 spiro atoms. The zero-order chi connectivity index (χ0) is 18.5. The van der Waals surface area contributed by atoms with Crippen molar-refractivity contribution in [2.45, 2.75) is 13.5 Å². The number of benzene rings is 2. The number of rotatable bonds is 7. The summed E-state index contributed by atoms with van der Waals surface area (Å²) in [6, 6.07) is 11.8. The van der Waals surface area contributed by atoms with Crippen molar-refractivity contribution in [2.24, 2.45) is 0 Å². The Morgan fingerprint density at radius 3 is 2.31 bits per heavy atom. The van der Waals surface area contributed by atoms with E-state index in [2.05, 4.69) is 20.5 Å². The molecule has 0 bridgehead atoms. The fourth-order valence-electron chi connectivity index (χ4n) is 2.68. The molecule has 0 radical (unpaired) electrons. The second-order valence-corrected chi connectivity index (χ2v) is 5.71. The lowest BCUT2D eigenvalue weighted by molar-refractivity contribution is 0.324. The van der Waals surface area contributed by atoms with E-state index >= 15 is 0 Å². The topological polar surface area (TPSA) is 81.3 Å². The van der Waals surface area contributed by atoms with E-state index in [9.17, 15) is 0 Å². The van der Waals surface area contributed by atoms with Crippen molar-refractivity contribution in [3.8, 4) is 28.6 Å². The monoisotopic (exact) mass is 354 g/mol. The van der Waals surface area contributed by atoms with Gasteiger partial charge in [0.25, 0.3) is 0 Å². The quantitative estimate of drug-likeness (QED) is 0.677. The minimum absolute atomic E-state index is 0.584. The number of H-pyrrole nitrogens is 1. The van der Waals surface area contributed by atoms with Crippen LogP contribution in [0.15, 0.2) is 36.4 Å². The molecule has 0 saturated heterocycles. The molecule has 0 unspecified atom stereocenters. The summed E-state index contributed by atoms with van der Waals surface area (Å²) in [6.07, 6.45) is 0. The van der Waals surface area contributed by atoms with Crippen molar-refractivity contribution >= 4 is 5.69 Å². The highest BCUT2D eigenvalue weighted by Crippen LogP contribution is 2.38. The summed E-state index contributed by atoms with van der Waals surface area (Å²) in [6.45, 7) is 2.48. The minimum atomic E-state index is 0.584. The Labute approximate surface area is 152 Å². The Morgan fingerprint density at radius 2 is 1.73 bits per heavy atom.